The van der Waals surface area contributed by atoms with E-state index in [0.717, 1.165) is 37.9 Å². The first kappa shape index (κ1) is 15.0. The van der Waals surface area contributed by atoms with Crippen LogP contribution in [0.25, 0.3) is 10.9 Å². The lowest BCUT2D eigenvalue weighted by molar-refractivity contribution is -0.123. The summed E-state index contributed by atoms with van der Waals surface area (Å²) in [5, 5.41) is 4.41. The van der Waals surface area contributed by atoms with Gasteiger partial charge in [-0.15, -0.1) is 0 Å². The highest BCUT2D eigenvalue weighted by molar-refractivity contribution is 5.91. The third-order valence-corrected chi connectivity index (χ3v) is 5.05. The van der Waals surface area contributed by atoms with Gasteiger partial charge in [-0.25, -0.2) is 0 Å². The molecule has 0 spiro atoms. The molecule has 3 heteroatoms. The van der Waals surface area contributed by atoms with Gasteiger partial charge >= 0.3 is 0 Å². The molecule has 3 nitrogen and oxygen atoms in total. The molecule has 0 aliphatic heterocycles. The average Bonchev–Trinajstić information content (AvgIpc) is 3.35. The standard InChI is InChI=1S/C21H22N2O/c24-20(21(12-13-21)18-8-2-1-3-9-18)22-14-6-15-23-16-11-17-7-4-5-10-19(17)23/h1-5,7-11,16H,6,12-15H2,(H,22,24). The monoisotopic (exact) mass is 318 g/mol. The number of benzene rings is 2. The quantitative estimate of drug-likeness (QED) is 0.688. The Morgan fingerprint density at radius 2 is 1.75 bits per heavy atom. The van der Waals surface area contributed by atoms with E-state index in [0.29, 0.717) is 0 Å². The van der Waals surface area contributed by atoms with Crippen LogP contribution in [0.15, 0.2) is 66.9 Å². The van der Waals surface area contributed by atoms with Crippen molar-refractivity contribution in [2.75, 3.05) is 6.54 Å². The van der Waals surface area contributed by atoms with Crippen LogP contribution in [0.2, 0.25) is 0 Å². The van der Waals surface area contributed by atoms with Crippen molar-refractivity contribution < 1.29 is 4.79 Å². The summed E-state index contributed by atoms with van der Waals surface area (Å²) in [4.78, 5) is 12.6. The Morgan fingerprint density at radius 3 is 2.54 bits per heavy atom. The number of rotatable bonds is 6. The topological polar surface area (TPSA) is 34.0 Å². The summed E-state index contributed by atoms with van der Waals surface area (Å²) >= 11 is 0. The Bertz CT molecular complexity index is 846. The maximum Gasteiger partial charge on any atom is 0.230 e. The molecule has 0 bridgehead atoms. The maximum atomic E-state index is 12.6. The van der Waals surface area contributed by atoms with Crippen LogP contribution in [0.4, 0.5) is 0 Å². The van der Waals surface area contributed by atoms with Crippen LogP contribution in [-0.4, -0.2) is 17.0 Å². The number of aryl methyl sites for hydroxylation is 1. The van der Waals surface area contributed by atoms with Crippen molar-refractivity contribution in [3.63, 3.8) is 0 Å². The molecule has 1 heterocycles. The predicted molar refractivity (Wildman–Crippen MR) is 96.9 cm³/mol. The number of hydrogen-bond acceptors (Lipinski definition) is 1. The van der Waals surface area contributed by atoms with Crippen molar-refractivity contribution in [3.05, 3.63) is 72.4 Å². The minimum atomic E-state index is -0.262. The molecule has 0 atom stereocenters. The smallest absolute Gasteiger partial charge is 0.230 e. The second kappa shape index (κ2) is 6.16. The van der Waals surface area contributed by atoms with Gasteiger partial charge in [0, 0.05) is 24.8 Å². The Morgan fingerprint density at radius 1 is 1.00 bits per heavy atom. The molecule has 4 rings (SSSR count). The first-order valence-electron chi connectivity index (χ1n) is 8.67. The molecular formula is C21H22N2O. The van der Waals surface area contributed by atoms with Crippen LogP contribution < -0.4 is 5.32 Å². The predicted octanol–water partition coefficient (Wildman–Crippen LogP) is 3.88. The van der Waals surface area contributed by atoms with Crippen LogP contribution in [0.1, 0.15) is 24.8 Å². The number of carbonyl (C=O) groups is 1. The highest BCUT2D eigenvalue weighted by Crippen LogP contribution is 2.48. The Hall–Kier alpha value is -2.55. The van der Waals surface area contributed by atoms with Crippen LogP contribution in [0.5, 0.6) is 0 Å². The summed E-state index contributed by atoms with van der Waals surface area (Å²) in [5.74, 6) is 0.186. The van der Waals surface area contributed by atoms with Crippen LogP contribution in [0, 0.1) is 0 Å². The molecule has 3 aromatic rings. The Balaban J connectivity index is 1.32. The summed E-state index contributed by atoms with van der Waals surface area (Å²) in [6.07, 6.45) is 4.99. The summed E-state index contributed by atoms with van der Waals surface area (Å²) in [7, 11) is 0. The number of hydrogen-bond donors (Lipinski definition) is 1. The molecule has 1 fully saturated rings. The zero-order chi connectivity index (χ0) is 16.4. The lowest BCUT2D eigenvalue weighted by Crippen LogP contribution is -2.35. The van der Waals surface area contributed by atoms with Crippen LogP contribution in [-0.2, 0) is 16.8 Å². The van der Waals surface area contributed by atoms with E-state index in [-0.39, 0.29) is 11.3 Å². The third kappa shape index (κ3) is 2.71. The first-order valence-corrected chi connectivity index (χ1v) is 8.67. The Kier molecular flexibility index (Phi) is 3.85. The fourth-order valence-electron chi connectivity index (χ4n) is 3.49. The number of carbonyl (C=O) groups excluding carboxylic acids is 1. The lowest BCUT2D eigenvalue weighted by Gasteiger charge is -2.16. The molecule has 0 radical (unpaired) electrons. The number of amides is 1. The van der Waals surface area contributed by atoms with Crippen molar-refractivity contribution in [2.45, 2.75) is 31.2 Å². The van der Waals surface area contributed by atoms with E-state index in [1.165, 1.54) is 10.9 Å². The van der Waals surface area contributed by atoms with Gasteiger partial charge in [0.05, 0.1) is 5.41 Å². The minimum absolute atomic E-state index is 0.186. The molecule has 1 N–H and O–H groups in total. The van der Waals surface area contributed by atoms with Crippen LogP contribution in [0.3, 0.4) is 0 Å². The van der Waals surface area contributed by atoms with Gasteiger partial charge in [0.2, 0.25) is 5.91 Å². The van der Waals surface area contributed by atoms with E-state index in [1.807, 2.05) is 18.2 Å². The first-order chi connectivity index (χ1) is 11.8. The molecule has 1 aromatic heterocycles. The number of para-hydroxylation sites is 1. The van der Waals surface area contributed by atoms with Gasteiger partial charge in [-0.2, -0.15) is 0 Å². The van der Waals surface area contributed by atoms with Gasteiger partial charge in [0.15, 0.2) is 0 Å². The highest BCUT2D eigenvalue weighted by Gasteiger charge is 2.50. The molecule has 24 heavy (non-hydrogen) atoms. The molecule has 0 saturated heterocycles. The zero-order valence-electron chi connectivity index (χ0n) is 13.7. The summed E-state index contributed by atoms with van der Waals surface area (Å²) in [6.45, 7) is 1.64. The zero-order valence-corrected chi connectivity index (χ0v) is 13.7. The van der Waals surface area contributed by atoms with Crippen molar-refractivity contribution in [1.82, 2.24) is 9.88 Å². The molecule has 2 aromatic carbocycles. The fraction of sp³-hybridized carbons (Fsp3) is 0.286. The summed E-state index contributed by atoms with van der Waals surface area (Å²) in [5.41, 5.74) is 2.15. The summed E-state index contributed by atoms with van der Waals surface area (Å²) < 4.78 is 2.26. The van der Waals surface area contributed by atoms with E-state index in [2.05, 4.69) is 58.5 Å². The molecule has 122 valence electrons. The van der Waals surface area contributed by atoms with E-state index in [9.17, 15) is 4.79 Å². The number of nitrogens with one attached hydrogen (secondary N) is 1. The number of nitrogens with zero attached hydrogens (tertiary/aromatic N) is 1. The van der Waals surface area contributed by atoms with Gasteiger partial charge in [-0.3, -0.25) is 4.79 Å². The van der Waals surface area contributed by atoms with E-state index in [1.54, 1.807) is 0 Å². The van der Waals surface area contributed by atoms with E-state index in [4.69, 9.17) is 0 Å². The van der Waals surface area contributed by atoms with Crippen molar-refractivity contribution in [2.24, 2.45) is 0 Å². The van der Waals surface area contributed by atoms with Crippen molar-refractivity contribution in [3.8, 4) is 0 Å². The average molecular weight is 318 g/mol. The third-order valence-electron chi connectivity index (χ3n) is 5.05. The Labute approximate surface area is 142 Å². The van der Waals surface area contributed by atoms with E-state index >= 15 is 0 Å². The maximum absolute atomic E-state index is 12.6. The second-order valence-electron chi connectivity index (χ2n) is 6.63. The normalized spacial score (nSPS) is 15.3. The van der Waals surface area contributed by atoms with Gasteiger partial charge in [0.1, 0.15) is 0 Å². The van der Waals surface area contributed by atoms with Gasteiger partial charge in [-0.1, -0.05) is 48.5 Å². The molecule has 0 unspecified atom stereocenters. The minimum Gasteiger partial charge on any atom is -0.355 e. The molecule has 1 amide bonds. The molecule has 1 aliphatic carbocycles. The second-order valence-corrected chi connectivity index (χ2v) is 6.63. The molecule has 1 aliphatic rings. The van der Waals surface area contributed by atoms with Crippen molar-refractivity contribution in [1.29, 1.82) is 0 Å². The van der Waals surface area contributed by atoms with Gasteiger partial charge in [-0.05, 0) is 42.3 Å². The summed E-state index contributed by atoms with van der Waals surface area (Å²) in [6, 6.07) is 20.7. The fourth-order valence-corrected chi connectivity index (χ4v) is 3.49. The van der Waals surface area contributed by atoms with Crippen LogP contribution >= 0.6 is 0 Å². The molecule has 1 saturated carbocycles. The highest BCUT2D eigenvalue weighted by atomic mass is 16.2. The van der Waals surface area contributed by atoms with Gasteiger partial charge in [0.25, 0.3) is 0 Å². The number of aromatic nitrogens is 1. The SMILES string of the molecule is O=C(NCCCn1ccc2ccccc21)C1(c2ccccc2)CC1. The van der Waals surface area contributed by atoms with Gasteiger partial charge < -0.3 is 9.88 Å². The molecular weight excluding hydrogens is 296 g/mol. The van der Waals surface area contributed by atoms with E-state index < -0.39 is 0 Å². The largest absolute Gasteiger partial charge is 0.355 e. The van der Waals surface area contributed by atoms with Crippen molar-refractivity contribution >= 4 is 16.8 Å². The number of fused-ring (bicyclic) bond motifs is 1. The lowest BCUT2D eigenvalue weighted by atomic mass is 9.95.